The normalized spacial score (nSPS) is 18.7. The second-order valence-corrected chi connectivity index (χ2v) is 5.71. The Morgan fingerprint density at radius 2 is 2.17 bits per heavy atom. The van der Waals surface area contributed by atoms with Gasteiger partial charge in [0.1, 0.15) is 0 Å². The van der Waals surface area contributed by atoms with Gasteiger partial charge in [0.2, 0.25) is 0 Å². The van der Waals surface area contributed by atoms with Crippen molar-refractivity contribution in [2.75, 3.05) is 13.2 Å². The lowest BCUT2D eigenvalue weighted by Gasteiger charge is -2.30. The maximum absolute atomic E-state index is 9.54. The number of hydrogen-bond acceptors (Lipinski definition) is 3. The van der Waals surface area contributed by atoms with Crippen LogP contribution in [0.1, 0.15) is 18.4 Å². The van der Waals surface area contributed by atoms with E-state index in [9.17, 15) is 5.26 Å². The molecular formula is C13H12IN3O. The second kappa shape index (κ2) is 4.52. The van der Waals surface area contributed by atoms with E-state index >= 15 is 0 Å². The van der Waals surface area contributed by atoms with Gasteiger partial charge in [-0.05, 0) is 47.1 Å². The Morgan fingerprint density at radius 1 is 1.39 bits per heavy atom. The summed E-state index contributed by atoms with van der Waals surface area (Å²) in [5.41, 5.74) is 1.71. The van der Waals surface area contributed by atoms with E-state index in [1.165, 1.54) is 0 Å². The molecule has 0 N–H and O–H groups in total. The van der Waals surface area contributed by atoms with Gasteiger partial charge < -0.3 is 4.74 Å². The second-order valence-electron chi connectivity index (χ2n) is 4.55. The minimum atomic E-state index is -0.413. The van der Waals surface area contributed by atoms with Crippen LogP contribution in [0.2, 0.25) is 0 Å². The quantitative estimate of drug-likeness (QED) is 0.741. The fourth-order valence-electron chi connectivity index (χ4n) is 2.42. The van der Waals surface area contributed by atoms with Crippen molar-refractivity contribution in [1.82, 2.24) is 9.61 Å². The predicted octanol–water partition coefficient (Wildman–Crippen LogP) is 2.51. The van der Waals surface area contributed by atoms with Crippen LogP contribution in [0.15, 0.2) is 24.5 Å². The van der Waals surface area contributed by atoms with Crippen molar-refractivity contribution in [3.8, 4) is 6.07 Å². The van der Waals surface area contributed by atoms with Crippen LogP contribution >= 0.6 is 22.6 Å². The van der Waals surface area contributed by atoms with Gasteiger partial charge in [-0.3, -0.25) is 0 Å². The Morgan fingerprint density at radius 3 is 2.89 bits per heavy atom. The van der Waals surface area contributed by atoms with E-state index in [4.69, 9.17) is 4.74 Å². The molecule has 92 valence electrons. The number of nitrogens with zero attached hydrogens (tertiary/aromatic N) is 3. The lowest BCUT2D eigenvalue weighted by molar-refractivity contribution is 0.0674. The SMILES string of the molecule is N#CC1(c2ccc3c(I)cnn3c2)CCOCC1. The summed E-state index contributed by atoms with van der Waals surface area (Å²) < 4.78 is 8.34. The number of nitriles is 1. The summed E-state index contributed by atoms with van der Waals surface area (Å²) in [5, 5.41) is 13.8. The first kappa shape index (κ1) is 11.9. The summed E-state index contributed by atoms with van der Waals surface area (Å²) >= 11 is 2.26. The van der Waals surface area contributed by atoms with Gasteiger partial charge in [-0.1, -0.05) is 6.07 Å². The largest absolute Gasteiger partial charge is 0.381 e. The molecule has 2 aromatic rings. The average Bonchev–Trinajstić information content (AvgIpc) is 2.81. The summed E-state index contributed by atoms with van der Waals surface area (Å²) in [6, 6.07) is 6.57. The summed E-state index contributed by atoms with van der Waals surface area (Å²) in [7, 11) is 0. The van der Waals surface area contributed by atoms with Crippen LogP contribution in [0, 0.1) is 14.9 Å². The standard InChI is InChI=1S/C13H12IN3O/c14-11-7-16-17-8-10(1-2-12(11)17)13(9-15)3-5-18-6-4-13/h1-2,7-8H,3-6H2. The first-order valence-electron chi connectivity index (χ1n) is 5.88. The summed E-state index contributed by atoms with van der Waals surface area (Å²) in [6.07, 6.45) is 5.33. The molecule has 0 bridgehead atoms. The molecule has 0 aromatic carbocycles. The van der Waals surface area contributed by atoms with E-state index in [1.54, 1.807) is 0 Å². The van der Waals surface area contributed by atoms with Gasteiger partial charge in [0.15, 0.2) is 0 Å². The van der Waals surface area contributed by atoms with Crippen molar-refractivity contribution in [3.63, 3.8) is 0 Å². The topological polar surface area (TPSA) is 50.3 Å². The molecule has 1 aliphatic rings. The van der Waals surface area contributed by atoms with Gasteiger partial charge in [0.05, 0.1) is 26.8 Å². The number of hydrogen-bond donors (Lipinski definition) is 0. The molecule has 1 saturated heterocycles. The monoisotopic (exact) mass is 353 g/mol. The van der Waals surface area contributed by atoms with Crippen LogP contribution in [0.25, 0.3) is 5.52 Å². The number of ether oxygens (including phenoxy) is 1. The lowest BCUT2D eigenvalue weighted by Crippen LogP contribution is -2.32. The molecule has 0 spiro atoms. The third-order valence-electron chi connectivity index (χ3n) is 3.58. The van der Waals surface area contributed by atoms with Crippen molar-refractivity contribution in [1.29, 1.82) is 5.26 Å². The fourth-order valence-corrected chi connectivity index (χ4v) is 2.97. The van der Waals surface area contributed by atoms with Crippen LogP contribution in [0.3, 0.4) is 0 Å². The van der Waals surface area contributed by atoms with Gasteiger partial charge in [0.25, 0.3) is 0 Å². The Bertz CT molecular complexity index is 623. The number of rotatable bonds is 1. The molecule has 1 fully saturated rings. The molecule has 3 rings (SSSR count). The first-order chi connectivity index (χ1) is 8.75. The summed E-state index contributed by atoms with van der Waals surface area (Å²) in [5.74, 6) is 0. The highest BCUT2D eigenvalue weighted by atomic mass is 127. The van der Waals surface area contributed by atoms with E-state index in [1.807, 2.05) is 29.0 Å². The van der Waals surface area contributed by atoms with E-state index in [-0.39, 0.29) is 0 Å². The minimum absolute atomic E-state index is 0.413. The Hall–Kier alpha value is -1.13. The highest BCUT2D eigenvalue weighted by Gasteiger charge is 2.35. The van der Waals surface area contributed by atoms with Gasteiger partial charge in [0, 0.05) is 19.4 Å². The molecule has 18 heavy (non-hydrogen) atoms. The van der Waals surface area contributed by atoms with Crippen LogP contribution in [0.4, 0.5) is 0 Å². The van der Waals surface area contributed by atoms with Crippen LogP contribution in [0.5, 0.6) is 0 Å². The average molecular weight is 353 g/mol. The van der Waals surface area contributed by atoms with E-state index < -0.39 is 5.41 Å². The van der Waals surface area contributed by atoms with Crippen molar-refractivity contribution in [2.45, 2.75) is 18.3 Å². The fraction of sp³-hybridized carbons (Fsp3) is 0.385. The van der Waals surface area contributed by atoms with Gasteiger partial charge in [-0.2, -0.15) is 10.4 Å². The van der Waals surface area contributed by atoms with Gasteiger partial charge in [-0.25, -0.2) is 4.52 Å². The Labute approximate surface area is 119 Å². The lowest BCUT2D eigenvalue weighted by atomic mass is 9.76. The van der Waals surface area contributed by atoms with E-state index in [0.29, 0.717) is 13.2 Å². The zero-order chi connectivity index (χ0) is 12.6. The molecule has 0 saturated carbocycles. The van der Waals surface area contributed by atoms with Crippen molar-refractivity contribution >= 4 is 28.1 Å². The predicted molar refractivity (Wildman–Crippen MR) is 75.3 cm³/mol. The van der Waals surface area contributed by atoms with Crippen LogP contribution < -0.4 is 0 Å². The van der Waals surface area contributed by atoms with Crippen molar-refractivity contribution < 1.29 is 4.74 Å². The van der Waals surface area contributed by atoms with Gasteiger partial charge >= 0.3 is 0 Å². The summed E-state index contributed by atoms with van der Waals surface area (Å²) in [4.78, 5) is 0. The smallest absolute Gasteiger partial charge is 0.0880 e. The molecule has 3 heterocycles. The maximum atomic E-state index is 9.54. The van der Waals surface area contributed by atoms with Gasteiger partial charge in [-0.15, -0.1) is 0 Å². The molecule has 5 heteroatoms. The molecule has 1 aliphatic heterocycles. The van der Waals surface area contributed by atoms with E-state index in [0.717, 1.165) is 27.5 Å². The maximum Gasteiger partial charge on any atom is 0.0880 e. The molecule has 2 aromatic heterocycles. The number of aromatic nitrogens is 2. The highest BCUT2D eigenvalue weighted by Crippen LogP contribution is 2.34. The van der Waals surface area contributed by atoms with Crippen molar-refractivity contribution in [3.05, 3.63) is 33.7 Å². The van der Waals surface area contributed by atoms with Crippen LogP contribution in [-0.2, 0) is 10.2 Å². The summed E-state index contributed by atoms with van der Waals surface area (Å²) in [6.45, 7) is 1.31. The highest BCUT2D eigenvalue weighted by molar-refractivity contribution is 14.1. The zero-order valence-electron chi connectivity index (χ0n) is 9.77. The molecule has 0 aliphatic carbocycles. The number of halogens is 1. The molecule has 0 amide bonds. The molecule has 4 nitrogen and oxygen atoms in total. The Kier molecular flexibility index (Phi) is 2.99. The third kappa shape index (κ3) is 1.80. The minimum Gasteiger partial charge on any atom is -0.381 e. The van der Waals surface area contributed by atoms with Crippen molar-refractivity contribution in [2.24, 2.45) is 0 Å². The third-order valence-corrected chi connectivity index (χ3v) is 4.41. The Balaban J connectivity index is 2.10. The molecular weight excluding hydrogens is 341 g/mol. The van der Waals surface area contributed by atoms with Crippen LogP contribution in [-0.4, -0.2) is 22.8 Å². The zero-order valence-corrected chi connectivity index (χ0v) is 11.9. The number of pyridine rings is 1. The van der Waals surface area contributed by atoms with E-state index in [2.05, 4.69) is 33.8 Å². The number of fused-ring (bicyclic) bond motifs is 1. The molecule has 0 radical (unpaired) electrons. The molecule has 0 atom stereocenters. The molecule has 0 unspecified atom stereocenters. The first-order valence-corrected chi connectivity index (χ1v) is 6.95.